The standard InChI is InChI=1S/C13H20N2O4/c1-18-11-5-7-15-10(12(11)19-2)8-9(13(16)17)4-3-6-14/h5,7,9H,3-4,6,8,14H2,1-2H3,(H,16,17). The molecule has 1 unspecified atom stereocenters. The summed E-state index contributed by atoms with van der Waals surface area (Å²) in [5.41, 5.74) is 6.01. The summed E-state index contributed by atoms with van der Waals surface area (Å²) in [5, 5.41) is 9.21. The fourth-order valence-electron chi connectivity index (χ4n) is 1.91. The Morgan fingerprint density at radius 1 is 1.47 bits per heavy atom. The molecule has 0 aliphatic carbocycles. The van der Waals surface area contributed by atoms with E-state index in [1.54, 1.807) is 12.3 Å². The van der Waals surface area contributed by atoms with Crippen molar-refractivity contribution in [1.82, 2.24) is 4.98 Å². The molecule has 0 aromatic carbocycles. The summed E-state index contributed by atoms with van der Waals surface area (Å²) >= 11 is 0. The van der Waals surface area contributed by atoms with E-state index in [1.165, 1.54) is 14.2 Å². The second kappa shape index (κ2) is 7.58. The SMILES string of the molecule is COc1ccnc(CC(CCCN)C(=O)O)c1OC. The molecule has 0 aliphatic rings. The highest BCUT2D eigenvalue weighted by Crippen LogP contribution is 2.31. The van der Waals surface area contributed by atoms with Gasteiger partial charge in [-0.25, -0.2) is 0 Å². The van der Waals surface area contributed by atoms with Crippen LogP contribution >= 0.6 is 0 Å². The van der Waals surface area contributed by atoms with Gasteiger partial charge < -0.3 is 20.3 Å². The van der Waals surface area contributed by atoms with Gasteiger partial charge in [0.15, 0.2) is 11.5 Å². The van der Waals surface area contributed by atoms with Gasteiger partial charge in [-0.1, -0.05) is 0 Å². The number of rotatable bonds is 8. The van der Waals surface area contributed by atoms with Gasteiger partial charge in [-0.15, -0.1) is 0 Å². The summed E-state index contributed by atoms with van der Waals surface area (Å²) in [6, 6.07) is 1.68. The zero-order chi connectivity index (χ0) is 14.3. The zero-order valence-electron chi connectivity index (χ0n) is 11.3. The normalized spacial score (nSPS) is 11.9. The topological polar surface area (TPSA) is 94.7 Å². The van der Waals surface area contributed by atoms with Gasteiger partial charge in [0.25, 0.3) is 0 Å². The van der Waals surface area contributed by atoms with Crippen LogP contribution in [0.4, 0.5) is 0 Å². The number of aromatic nitrogens is 1. The average Bonchev–Trinajstić information content (AvgIpc) is 2.42. The van der Waals surface area contributed by atoms with E-state index in [0.29, 0.717) is 43.0 Å². The number of carbonyl (C=O) groups is 1. The zero-order valence-corrected chi connectivity index (χ0v) is 11.3. The number of aliphatic carboxylic acids is 1. The lowest BCUT2D eigenvalue weighted by atomic mass is 9.97. The summed E-state index contributed by atoms with van der Waals surface area (Å²) in [4.78, 5) is 15.4. The van der Waals surface area contributed by atoms with Crippen LogP contribution in [0.25, 0.3) is 0 Å². The molecule has 0 fully saturated rings. The van der Waals surface area contributed by atoms with Crippen LogP contribution in [0.3, 0.4) is 0 Å². The van der Waals surface area contributed by atoms with E-state index in [9.17, 15) is 9.90 Å². The number of hydrogen-bond donors (Lipinski definition) is 2. The number of nitrogens with zero attached hydrogens (tertiary/aromatic N) is 1. The number of ether oxygens (including phenoxy) is 2. The predicted octanol–water partition coefficient (Wildman–Crippen LogP) is 1.08. The van der Waals surface area contributed by atoms with Crippen molar-refractivity contribution >= 4 is 5.97 Å². The molecular formula is C13H20N2O4. The number of methoxy groups -OCH3 is 2. The Kier molecular flexibility index (Phi) is 6.08. The maximum Gasteiger partial charge on any atom is 0.306 e. The first-order valence-corrected chi connectivity index (χ1v) is 6.12. The minimum absolute atomic E-state index is 0.301. The highest BCUT2D eigenvalue weighted by Gasteiger charge is 2.21. The molecule has 0 amide bonds. The quantitative estimate of drug-likeness (QED) is 0.732. The summed E-state index contributed by atoms with van der Waals surface area (Å²) < 4.78 is 10.4. The van der Waals surface area contributed by atoms with Crippen LogP contribution in [0.2, 0.25) is 0 Å². The molecule has 0 spiro atoms. The van der Waals surface area contributed by atoms with Crippen LogP contribution in [0.15, 0.2) is 12.3 Å². The molecule has 19 heavy (non-hydrogen) atoms. The fraction of sp³-hybridized carbons (Fsp3) is 0.538. The third-order valence-corrected chi connectivity index (χ3v) is 2.91. The molecule has 0 saturated heterocycles. The average molecular weight is 268 g/mol. The van der Waals surface area contributed by atoms with Crippen molar-refractivity contribution in [2.45, 2.75) is 19.3 Å². The molecule has 3 N–H and O–H groups in total. The third-order valence-electron chi connectivity index (χ3n) is 2.91. The summed E-state index contributed by atoms with van der Waals surface area (Å²) in [5.74, 6) is -0.323. The Bertz CT molecular complexity index is 423. The van der Waals surface area contributed by atoms with Gasteiger partial charge in [-0.2, -0.15) is 0 Å². The molecule has 1 aromatic heterocycles. The number of nitrogens with two attached hydrogens (primary N) is 1. The minimum atomic E-state index is -0.847. The van der Waals surface area contributed by atoms with Gasteiger partial charge in [-0.05, 0) is 19.4 Å². The van der Waals surface area contributed by atoms with E-state index in [0.717, 1.165) is 0 Å². The van der Waals surface area contributed by atoms with Gasteiger partial charge in [0, 0.05) is 18.7 Å². The molecule has 0 radical (unpaired) electrons. The Morgan fingerprint density at radius 2 is 2.21 bits per heavy atom. The summed E-state index contributed by atoms with van der Waals surface area (Å²) in [6.45, 7) is 0.479. The van der Waals surface area contributed by atoms with E-state index in [-0.39, 0.29) is 0 Å². The lowest BCUT2D eigenvalue weighted by Crippen LogP contribution is -2.19. The van der Waals surface area contributed by atoms with Crippen molar-refractivity contribution < 1.29 is 19.4 Å². The molecule has 1 rings (SSSR count). The first kappa shape index (κ1) is 15.2. The molecule has 1 heterocycles. The highest BCUT2D eigenvalue weighted by molar-refractivity contribution is 5.70. The Morgan fingerprint density at radius 3 is 2.74 bits per heavy atom. The fourth-order valence-corrected chi connectivity index (χ4v) is 1.91. The monoisotopic (exact) mass is 268 g/mol. The molecule has 1 aromatic rings. The van der Waals surface area contributed by atoms with Gasteiger partial charge in [-0.3, -0.25) is 9.78 Å². The molecule has 106 valence electrons. The van der Waals surface area contributed by atoms with Crippen molar-refractivity contribution in [3.05, 3.63) is 18.0 Å². The highest BCUT2D eigenvalue weighted by atomic mass is 16.5. The van der Waals surface area contributed by atoms with Crippen molar-refractivity contribution in [2.24, 2.45) is 11.7 Å². The first-order valence-electron chi connectivity index (χ1n) is 6.12. The van der Waals surface area contributed by atoms with Crippen LogP contribution in [0.5, 0.6) is 11.5 Å². The van der Waals surface area contributed by atoms with E-state index in [4.69, 9.17) is 15.2 Å². The molecule has 0 saturated carbocycles. The minimum Gasteiger partial charge on any atom is -0.493 e. The molecule has 0 bridgehead atoms. The van der Waals surface area contributed by atoms with Crippen molar-refractivity contribution in [2.75, 3.05) is 20.8 Å². The Hall–Kier alpha value is -1.82. The second-order valence-electron chi connectivity index (χ2n) is 4.16. The van der Waals surface area contributed by atoms with Gasteiger partial charge in [0.05, 0.1) is 25.8 Å². The second-order valence-corrected chi connectivity index (χ2v) is 4.16. The Labute approximate surface area is 112 Å². The number of carboxylic acids is 1. The Balaban J connectivity index is 2.92. The van der Waals surface area contributed by atoms with Crippen molar-refractivity contribution in [1.29, 1.82) is 0 Å². The van der Waals surface area contributed by atoms with Crippen LogP contribution in [-0.2, 0) is 11.2 Å². The summed E-state index contributed by atoms with van der Waals surface area (Å²) in [7, 11) is 3.05. The number of hydrogen-bond acceptors (Lipinski definition) is 5. The van der Waals surface area contributed by atoms with Crippen LogP contribution < -0.4 is 15.2 Å². The van der Waals surface area contributed by atoms with E-state index >= 15 is 0 Å². The van der Waals surface area contributed by atoms with E-state index in [1.807, 2.05) is 0 Å². The maximum absolute atomic E-state index is 11.2. The number of pyridine rings is 1. The molecule has 6 nitrogen and oxygen atoms in total. The van der Waals surface area contributed by atoms with E-state index in [2.05, 4.69) is 4.98 Å². The largest absolute Gasteiger partial charge is 0.493 e. The lowest BCUT2D eigenvalue weighted by Gasteiger charge is -2.15. The predicted molar refractivity (Wildman–Crippen MR) is 70.5 cm³/mol. The van der Waals surface area contributed by atoms with Gasteiger partial charge in [0.2, 0.25) is 0 Å². The van der Waals surface area contributed by atoms with Gasteiger partial charge in [0.1, 0.15) is 0 Å². The number of carboxylic acid groups (broad SMARTS) is 1. The first-order chi connectivity index (χ1) is 9.13. The third kappa shape index (κ3) is 4.10. The molecule has 0 aliphatic heterocycles. The van der Waals surface area contributed by atoms with E-state index < -0.39 is 11.9 Å². The van der Waals surface area contributed by atoms with Crippen LogP contribution in [0, 0.1) is 5.92 Å². The molecule has 1 atom stereocenters. The molecule has 6 heteroatoms. The van der Waals surface area contributed by atoms with Crippen LogP contribution in [0.1, 0.15) is 18.5 Å². The lowest BCUT2D eigenvalue weighted by molar-refractivity contribution is -0.142. The van der Waals surface area contributed by atoms with Crippen molar-refractivity contribution in [3.63, 3.8) is 0 Å². The van der Waals surface area contributed by atoms with Crippen molar-refractivity contribution in [3.8, 4) is 11.5 Å². The summed E-state index contributed by atoms with van der Waals surface area (Å²) in [6.07, 6.45) is 3.07. The van der Waals surface area contributed by atoms with Crippen LogP contribution in [-0.4, -0.2) is 36.8 Å². The van der Waals surface area contributed by atoms with Gasteiger partial charge >= 0.3 is 5.97 Å². The maximum atomic E-state index is 11.2. The smallest absolute Gasteiger partial charge is 0.306 e. The molecular weight excluding hydrogens is 248 g/mol.